The van der Waals surface area contributed by atoms with Gasteiger partial charge < -0.3 is 0 Å². The molecular weight excluding hydrogens is 340 g/mol. The lowest BCUT2D eigenvalue weighted by Crippen LogP contribution is -2.41. The maximum atomic E-state index is 13.4. The Labute approximate surface area is 159 Å². The molecule has 3 atom stereocenters. The second-order valence-corrected chi connectivity index (χ2v) is 7.32. The van der Waals surface area contributed by atoms with E-state index in [-0.39, 0.29) is 17.9 Å². The van der Waals surface area contributed by atoms with E-state index in [0.717, 1.165) is 29.7 Å². The van der Waals surface area contributed by atoms with Gasteiger partial charge >= 0.3 is 0 Å². The van der Waals surface area contributed by atoms with E-state index in [2.05, 4.69) is 6.92 Å². The highest BCUT2D eigenvalue weighted by atomic mass is 16.7. The molecule has 2 saturated heterocycles. The summed E-state index contributed by atoms with van der Waals surface area (Å²) in [5.41, 5.74) is 3.42. The molecule has 2 aromatic carbocycles. The number of hydrogen-bond donors (Lipinski definition) is 0. The molecule has 5 nitrogen and oxygen atoms in total. The number of nitrogens with zero attached hydrogens (tertiary/aromatic N) is 2. The van der Waals surface area contributed by atoms with E-state index >= 15 is 0 Å². The molecule has 2 aliphatic heterocycles. The van der Waals surface area contributed by atoms with Gasteiger partial charge in [0.15, 0.2) is 6.10 Å². The third-order valence-electron chi connectivity index (χ3n) is 5.50. The third kappa shape index (κ3) is 2.73. The van der Waals surface area contributed by atoms with Crippen LogP contribution in [0.5, 0.6) is 0 Å². The van der Waals surface area contributed by atoms with E-state index in [4.69, 9.17) is 4.84 Å². The summed E-state index contributed by atoms with van der Waals surface area (Å²) < 4.78 is 0. The largest absolute Gasteiger partial charge is 0.273 e. The van der Waals surface area contributed by atoms with Crippen molar-refractivity contribution in [2.75, 3.05) is 9.96 Å². The Morgan fingerprint density at radius 2 is 1.59 bits per heavy atom. The highest BCUT2D eigenvalue weighted by molar-refractivity contribution is 6.24. The van der Waals surface area contributed by atoms with Crippen LogP contribution in [-0.4, -0.2) is 24.0 Å². The van der Waals surface area contributed by atoms with Gasteiger partial charge in [-0.05, 0) is 43.5 Å². The van der Waals surface area contributed by atoms with Crippen molar-refractivity contribution in [2.24, 2.45) is 5.92 Å². The number of hydrogen-bond acceptors (Lipinski definition) is 4. The van der Waals surface area contributed by atoms with Crippen LogP contribution in [0.2, 0.25) is 0 Å². The summed E-state index contributed by atoms with van der Waals surface area (Å²) in [6.45, 7) is 5.94. The summed E-state index contributed by atoms with van der Waals surface area (Å²) in [5.74, 6) is -0.891. The minimum atomic E-state index is -0.756. The minimum absolute atomic E-state index is 0.145. The zero-order valence-electron chi connectivity index (χ0n) is 15.9. The summed E-state index contributed by atoms with van der Waals surface area (Å²) in [4.78, 5) is 34.0. The van der Waals surface area contributed by atoms with Gasteiger partial charge in [0.05, 0.1) is 23.3 Å². The third-order valence-corrected chi connectivity index (χ3v) is 5.50. The molecule has 2 amide bonds. The number of fused-ring (bicyclic) bond motifs is 1. The first-order chi connectivity index (χ1) is 13.0. The van der Waals surface area contributed by atoms with Crippen molar-refractivity contribution in [1.82, 2.24) is 0 Å². The first kappa shape index (κ1) is 17.7. The van der Waals surface area contributed by atoms with Crippen LogP contribution in [0.4, 0.5) is 11.4 Å². The van der Waals surface area contributed by atoms with Gasteiger partial charge in [-0.25, -0.2) is 9.96 Å². The van der Waals surface area contributed by atoms with E-state index in [9.17, 15) is 9.59 Å². The number of rotatable bonds is 4. The first-order valence-electron chi connectivity index (χ1n) is 9.49. The molecule has 140 valence electrons. The minimum Gasteiger partial charge on any atom is -0.273 e. The Hall–Kier alpha value is -2.66. The molecule has 0 unspecified atom stereocenters. The van der Waals surface area contributed by atoms with E-state index in [0.29, 0.717) is 5.69 Å². The monoisotopic (exact) mass is 364 g/mol. The molecule has 0 saturated carbocycles. The number of benzene rings is 2. The van der Waals surface area contributed by atoms with Crippen molar-refractivity contribution in [3.05, 3.63) is 59.7 Å². The van der Waals surface area contributed by atoms with Gasteiger partial charge in [0, 0.05) is 0 Å². The molecule has 2 fully saturated rings. The number of anilines is 2. The molecule has 2 heterocycles. The van der Waals surface area contributed by atoms with Crippen LogP contribution in [0.1, 0.15) is 30.9 Å². The molecule has 2 aromatic rings. The fourth-order valence-corrected chi connectivity index (χ4v) is 4.29. The van der Waals surface area contributed by atoms with Gasteiger partial charge in [-0.1, -0.05) is 49.7 Å². The Morgan fingerprint density at radius 3 is 2.22 bits per heavy atom. The zero-order valence-corrected chi connectivity index (χ0v) is 15.9. The van der Waals surface area contributed by atoms with E-state index in [1.54, 1.807) is 5.06 Å². The summed E-state index contributed by atoms with van der Waals surface area (Å²) >= 11 is 0. The van der Waals surface area contributed by atoms with Crippen molar-refractivity contribution in [1.29, 1.82) is 0 Å². The number of imide groups is 1. The Morgan fingerprint density at radius 1 is 0.926 bits per heavy atom. The lowest BCUT2D eigenvalue weighted by atomic mass is 9.93. The Balaban J connectivity index is 1.72. The predicted molar refractivity (Wildman–Crippen MR) is 104 cm³/mol. The Kier molecular flexibility index (Phi) is 4.48. The van der Waals surface area contributed by atoms with Crippen LogP contribution in [0.25, 0.3) is 0 Å². The molecule has 2 aliphatic rings. The number of para-hydroxylation sites is 2. The predicted octanol–water partition coefficient (Wildman–Crippen LogP) is 3.78. The number of hydroxylamine groups is 1. The van der Waals surface area contributed by atoms with Crippen LogP contribution < -0.4 is 9.96 Å². The summed E-state index contributed by atoms with van der Waals surface area (Å²) in [6, 6.07) is 15.3. The molecule has 0 aromatic heterocycles. The summed E-state index contributed by atoms with van der Waals surface area (Å²) in [7, 11) is 0. The van der Waals surface area contributed by atoms with Crippen LogP contribution >= 0.6 is 0 Å². The molecule has 4 rings (SSSR count). The van der Waals surface area contributed by atoms with Crippen LogP contribution in [-0.2, 0) is 14.4 Å². The molecule has 0 spiro atoms. The van der Waals surface area contributed by atoms with Gasteiger partial charge in [-0.15, -0.1) is 0 Å². The molecule has 5 heteroatoms. The maximum absolute atomic E-state index is 13.4. The molecule has 0 radical (unpaired) electrons. The molecular formula is C22H24N2O3. The number of aryl methyl sites for hydroxylation is 2. The van der Waals surface area contributed by atoms with Crippen molar-refractivity contribution in [3.8, 4) is 0 Å². The van der Waals surface area contributed by atoms with Gasteiger partial charge in [0.2, 0.25) is 5.91 Å². The quantitative estimate of drug-likeness (QED) is 0.775. The fraction of sp³-hybridized carbons (Fsp3) is 0.364. The van der Waals surface area contributed by atoms with Crippen LogP contribution in [0, 0.1) is 19.8 Å². The molecule has 0 N–H and O–H groups in total. The molecule has 0 aliphatic carbocycles. The SMILES string of the molecule is CCC[C@H]1[C@H]2C(=O)N(c3c(C)cccc3C)C(=O)[C@H]2ON1c1ccccc1. The van der Waals surface area contributed by atoms with Gasteiger partial charge in [0.1, 0.15) is 0 Å². The maximum Gasteiger partial charge on any atom is 0.266 e. The normalized spacial score (nSPS) is 24.6. The number of carbonyl (C=O) groups is 2. The standard InChI is InChI=1S/C22H24N2O3/c1-4-9-17-18-20(27-24(17)16-12-6-5-7-13-16)22(26)23(21(18)25)19-14(2)10-8-11-15(19)3/h5-8,10-13,17-18,20H,4,9H2,1-3H3/t17-,18+,20-/m0/s1. The van der Waals surface area contributed by atoms with Gasteiger partial charge in [-0.2, -0.15) is 0 Å². The summed E-state index contributed by atoms with van der Waals surface area (Å²) in [5, 5.41) is 1.77. The van der Waals surface area contributed by atoms with Gasteiger partial charge in [-0.3, -0.25) is 14.4 Å². The average molecular weight is 364 g/mol. The highest BCUT2D eigenvalue weighted by Gasteiger charge is 2.59. The van der Waals surface area contributed by atoms with Crippen molar-refractivity contribution in [3.63, 3.8) is 0 Å². The Bertz CT molecular complexity index is 860. The number of amides is 2. The second kappa shape index (κ2) is 6.82. The van der Waals surface area contributed by atoms with Crippen molar-refractivity contribution < 1.29 is 14.4 Å². The van der Waals surface area contributed by atoms with Crippen molar-refractivity contribution >= 4 is 23.2 Å². The van der Waals surface area contributed by atoms with Crippen LogP contribution in [0.3, 0.4) is 0 Å². The van der Waals surface area contributed by atoms with Gasteiger partial charge in [0.25, 0.3) is 5.91 Å². The average Bonchev–Trinajstić information content (AvgIpc) is 3.14. The second-order valence-electron chi connectivity index (χ2n) is 7.32. The van der Waals surface area contributed by atoms with E-state index in [1.165, 1.54) is 4.90 Å². The lowest BCUT2D eigenvalue weighted by Gasteiger charge is -2.29. The molecule has 27 heavy (non-hydrogen) atoms. The number of carbonyl (C=O) groups excluding carboxylic acids is 2. The first-order valence-corrected chi connectivity index (χ1v) is 9.49. The lowest BCUT2D eigenvalue weighted by molar-refractivity contribution is -0.126. The zero-order chi connectivity index (χ0) is 19.1. The van der Waals surface area contributed by atoms with Crippen molar-refractivity contribution in [2.45, 2.75) is 45.8 Å². The molecule has 0 bridgehead atoms. The van der Waals surface area contributed by atoms with Crippen LogP contribution in [0.15, 0.2) is 48.5 Å². The fourth-order valence-electron chi connectivity index (χ4n) is 4.29. The van der Waals surface area contributed by atoms with E-state index < -0.39 is 12.0 Å². The highest BCUT2D eigenvalue weighted by Crippen LogP contribution is 2.42. The van der Waals surface area contributed by atoms with E-state index in [1.807, 2.05) is 62.4 Å². The summed E-state index contributed by atoms with van der Waals surface area (Å²) in [6.07, 6.45) is 0.939. The smallest absolute Gasteiger partial charge is 0.266 e. The topological polar surface area (TPSA) is 49.9 Å².